The lowest BCUT2D eigenvalue weighted by Crippen LogP contribution is -2.17. The third-order valence-electron chi connectivity index (χ3n) is 3.38. The maximum atomic E-state index is 12.8. The number of allylic oxidation sites excluding steroid dienone is 2. The van der Waals surface area contributed by atoms with Gasteiger partial charge < -0.3 is 10.6 Å². The molecule has 2 N–H and O–H groups in total. The van der Waals surface area contributed by atoms with E-state index in [0.29, 0.717) is 15.2 Å². The van der Waals surface area contributed by atoms with Crippen molar-refractivity contribution in [3.8, 4) is 5.00 Å². The second-order valence-corrected chi connectivity index (χ2v) is 7.05. The summed E-state index contributed by atoms with van der Waals surface area (Å²) in [5.74, 6) is 0. The number of nitrogen functional groups attached to an aromatic ring is 1. The van der Waals surface area contributed by atoms with Crippen LogP contribution in [0.5, 0.6) is 0 Å². The Bertz CT molecular complexity index is 949. The zero-order chi connectivity index (χ0) is 16.6. The van der Waals surface area contributed by atoms with Gasteiger partial charge >= 0.3 is 0 Å². The number of fused-ring (bicyclic) bond motifs is 1. The molecule has 0 radical (unpaired) electrons. The first kappa shape index (κ1) is 15.5. The molecule has 0 atom stereocenters. The first-order chi connectivity index (χ1) is 11.0. The van der Waals surface area contributed by atoms with Gasteiger partial charge in [0.15, 0.2) is 0 Å². The molecule has 0 saturated heterocycles. The zero-order valence-corrected chi connectivity index (χ0v) is 14.4. The van der Waals surface area contributed by atoms with Crippen molar-refractivity contribution in [2.24, 2.45) is 0 Å². The molecule has 118 valence electrons. The molecule has 7 heteroatoms. The maximum Gasteiger partial charge on any atom is 0.276 e. The molecule has 0 unspecified atom stereocenters. The molecule has 3 rings (SSSR count). The predicted octanol–water partition coefficient (Wildman–Crippen LogP) is 3.18. The Morgan fingerprint density at radius 1 is 1.48 bits per heavy atom. The second kappa shape index (κ2) is 6.02. The number of nitrogens with two attached hydrogens (primary N) is 1. The minimum atomic E-state index is -0.0999. The van der Waals surface area contributed by atoms with Gasteiger partial charge in [0.05, 0.1) is 16.1 Å². The molecule has 0 spiro atoms. The summed E-state index contributed by atoms with van der Waals surface area (Å²) in [6.45, 7) is 3.74. The molecule has 0 aromatic carbocycles. The summed E-state index contributed by atoms with van der Waals surface area (Å²) < 4.78 is 2.12. The van der Waals surface area contributed by atoms with E-state index in [-0.39, 0.29) is 5.56 Å². The average Bonchev–Trinajstić information content (AvgIpc) is 3.13. The molecule has 0 fully saturated rings. The van der Waals surface area contributed by atoms with E-state index in [2.05, 4.69) is 11.6 Å². The van der Waals surface area contributed by atoms with Crippen LogP contribution in [-0.4, -0.2) is 28.5 Å². The Labute approximate surface area is 141 Å². The Morgan fingerprint density at radius 3 is 2.87 bits per heavy atom. The van der Waals surface area contributed by atoms with Gasteiger partial charge in [-0.3, -0.25) is 9.36 Å². The lowest BCUT2D eigenvalue weighted by Gasteiger charge is -2.17. The number of hydrogen-bond donors (Lipinski definition) is 1. The molecular weight excluding hydrogens is 328 g/mol. The zero-order valence-electron chi connectivity index (χ0n) is 12.8. The largest absolute Gasteiger partial charge is 0.390 e. The minimum Gasteiger partial charge on any atom is -0.390 e. The summed E-state index contributed by atoms with van der Waals surface area (Å²) in [6.07, 6.45) is 5.13. The molecule has 23 heavy (non-hydrogen) atoms. The fourth-order valence-corrected chi connectivity index (χ4v) is 4.02. The molecule has 0 amide bonds. The molecule has 3 aromatic rings. The summed E-state index contributed by atoms with van der Waals surface area (Å²) in [5, 5.41) is 3.35. The van der Waals surface area contributed by atoms with Crippen LogP contribution >= 0.6 is 22.7 Å². The van der Waals surface area contributed by atoms with Crippen molar-refractivity contribution in [1.82, 2.24) is 14.5 Å². The van der Waals surface area contributed by atoms with E-state index in [1.54, 1.807) is 17.0 Å². The van der Waals surface area contributed by atoms with Crippen molar-refractivity contribution in [2.45, 2.75) is 0 Å². The summed E-state index contributed by atoms with van der Waals surface area (Å²) in [6, 6.07) is 3.79. The smallest absolute Gasteiger partial charge is 0.276 e. The highest BCUT2D eigenvalue weighted by atomic mass is 32.1. The van der Waals surface area contributed by atoms with E-state index in [0.717, 1.165) is 16.3 Å². The van der Waals surface area contributed by atoms with Gasteiger partial charge in [0.2, 0.25) is 0 Å². The van der Waals surface area contributed by atoms with Gasteiger partial charge in [0, 0.05) is 19.8 Å². The third kappa shape index (κ3) is 2.58. The molecule has 0 aliphatic carbocycles. The van der Waals surface area contributed by atoms with Gasteiger partial charge in [0.25, 0.3) is 5.56 Å². The first-order valence-electron chi connectivity index (χ1n) is 6.88. The molecule has 0 aliphatic rings. The molecule has 0 aliphatic heterocycles. The highest BCUT2D eigenvalue weighted by Gasteiger charge is 2.20. The van der Waals surface area contributed by atoms with E-state index in [1.165, 1.54) is 22.7 Å². The molecule has 3 heterocycles. The van der Waals surface area contributed by atoms with Gasteiger partial charge in [-0.05, 0) is 23.6 Å². The second-order valence-electron chi connectivity index (χ2n) is 5.07. The van der Waals surface area contributed by atoms with Crippen LogP contribution in [0.3, 0.4) is 0 Å². The fourth-order valence-electron chi connectivity index (χ4n) is 2.36. The van der Waals surface area contributed by atoms with E-state index in [1.807, 2.05) is 42.6 Å². The van der Waals surface area contributed by atoms with E-state index < -0.39 is 0 Å². The van der Waals surface area contributed by atoms with Crippen molar-refractivity contribution < 1.29 is 0 Å². The van der Waals surface area contributed by atoms with Crippen LogP contribution in [0, 0.1) is 0 Å². The third-order valence-corrected chi connectivity index (χ3v) is 5.25. The van der Waals surface area contributed by atoms with Crippen molar-refractivity contribution in [3.63, 3.8) is 0 Å². The normalized spacial score (nSPS) is 11.8. The van der Waals surface area contributed by atoms with Crippen LogP contribution < -0.4 is 11.3 Å². The monoisotopic (exact) mass is 344 g/mol. The maximum absolute atomic E-state index is 12.8. The summed E-state index contributed by atoms with van der Waals surface area (Å²) >= 11 is 2.77. The minimum absolute atomic E-state index is 0.0999. The average molecular weight is 344 g/mol. The number of anilines is 1. The Balaban J connectivity index is 2.30. The number of hydrogen-bond acceptors (Lipinski definition) is 6. The first-order valence-corrected chi connectivity index (χ1v) is 8.58. The van der Waals surface area contributed by atoms with Crippen LogP contribution in [0.4, 0.5) is 5.00 Å². The van der Waals surface area contributed by atoms with Crippen LogP contribution in [0.15, 0.2) is 47.4 Å². The standard InChI is InChI=1S/C16H16N4OS2/c1-4-6-10(19(2)3)12-13-14(23-15(12)17)16(21)20(9-18-13)11-7-5-8-22-11/h4-9H,1,17H2,2-3H3/b10-6+. The van der Waals surface area contributed by atoms with Crippen LogP contribution in [0.2, 0.25) is 0 Å². The Morgan fingerprint density at radius 2 is 2.26 bits per heavy atom. The quantitative estimate of drug-likeness (QED) is 0.738. The van der Waals surface area contributed by atoms with E-state index in [4.69, 9.17) is 5.73 Å². The van der Waals surface area contributed by atoms with Crippen LogP contribution in [0.25, 0.3) is 20.9 Å². The topological polar surface area (TPSA) is 64.2 Å². The SMILES string of the molecule is C=C/C=C(\c1c(N)sc2c(=O)n(-c3cccs3)cnc12)N(C)C. The van der Waals surface area contributed by atoms with Crippen LogP contribution in [-0.2, 0) is 0 Å². The molecule has 5 nitrogen and oxygen atoms in total. The number of thiophene rings is 2. The number of nitrogens with zero attached hydrogens (tertiary/aromatic N) is 3. The Kier molecular flexibility index (Phi) is 4.06. The lowest BCUT2D eigenvalue weighted by atomic mass is 10.1. The molecule has 0 bridgehead atoms. The van der Waals surface area contributed by atoms with Gasteiger partial charge in [-0.2, -0.15) is 0 Å². The van der Waals surface area contributed by atoms with Crippen molar-refractivity contribution in [2.75, 3.05) is 19.8 Å². The summed E-state index contributed by atoms with van der Waals surface area (Å²) in [4.78, 5) is 19.2. The highest BCUT2D eigenvalue weighted by Crippen LogP contribution is 2.36. The number of aromatic nitrogens is 2. The summed E-state index contributed by atoms with van der Waals surface area (Å²) in [7, 11) is 3.84. The van der Waals surface area contributed by atoms with Crippen molar-refractivity contribution in [1.29, 1.82) is 0 Å². The van der Waals surface area contributed by atoms with Gasteiger partial charge in [0.1, 0.15) is 16.0 Å². The van der Waals surface area contributed by atoms with Crippen molar-refractivity contribution >= 4 is 43.6 Å². The Hall–Kier alpha value is -2.38. The van der Waals surface area contributed by atoms with E-state index >= 15 is 0 Å². The number of rotatable bonds is 4. The van der Waals surface area contributed by atoms with Gasteiger partial charge in [-0.15, -0.1) is 22.7 Å². The summed E-state index contributed by atoms with van der Waals surface area (Å²) in [5.41, 5.74) is 8.38. The fraction of sp³-hybridized carbons (Fsp3) is 0.125. The molecule has 3 aromatic heterocycles. The van der Waals surface area contributed by atoms with Crippen LogP contribution in [0.1, 0.15) is 5.56 Å². The van der Waals surface area contributed by atoms with Crippen molar-refractivity contribution in [3.05, 3.63) is 58.5 Å². The highest BCUT2D eigenvalue weighted by molar-refractivity contribution is 7.23. The lowest BCUT2D eigenvalue weighted by molar-refractivity contribution is 0.593. The van der Waals surface area contributed by atoms with E-state index in [9.17, 15) is 4.79 Å². The van der Waals surface area contributed by atoms with Gasteiger partial charge in [-0.1, -0.05) is 12.7 Å². The molecular formula is C16H16N4OS2. The van der Waals surface area contributed by atoms with Gasteiger partial charge in [-0.25, -0.2) is 4.98 Å². The predicted molar refractivity (Wildman–Crippen MR) is 99.4 cm³/mol. The molecule has 0 saturated carbocycles.